The van der Waals surface area contributed by atoms with E-state index in [1.54, 1.807) is 48.5 Å². The van der Waals surface area contributed by atoms with E-state index in [4.69, 9.17) is 9.47 Å². The van der Waals surface area contributed by atoms with Crippen LogP contribution in [0.5, 0.6) is 5.75 Å². The minimum Gasteiger partial charge on any atom is -0.497 e. The summed E-state index contributed by atoms with van der Waals surface area (Å²) >= 11 is 1.15. The molecule has 1 amide bonds. The van der Waals surface area contributed by atoms with Gasteiger partial charge in [0.05, 0.1) is 18.4 Å². The second kappa shape index (κ2) is 11.1. The van der Waals surface area contributed by atoms with E-state index in [0.29, 0.717) is 21.9 Å². The van der Waals surface area contributed by atoms with Crippen LogP contribution < -0.4 is 10.1 Å². The van der Waals surface area contributed by atoms with E-state index in [0.717, 1.165) is 11.8 Å². The van der Waals surface area contributed by atoms with E-state index < -0.39 is 18.4 Å². The predicted molar refractivity (Wildman–Crippen MR) is 120 cm³/mol. The fourth-order valence-corrected chi connectivity index (χ4v) is 3.54. The minimum atomic E-state index is -0.658. The summed E-state index contributed by atoms with van der Waals surface area (Å²) in [5, 5.41) is 2.66. The highest BCUT2D eigenvalue weighted by Gasteiger charge is 2.16. The Hall–Kier alpha value is -3.65. The molecule has 8 heteroatoms. The first-order chi connectivity index (χ1) is 15.5. The maximum atomic E-state index is 13.0. The van der Waals surface area contributed by atoms with Gasteiger partial charge in [0, 0.05) is 16.1 Å². The van der Waals surface area contributed by atoms with Crippen LogP contribution >= 0.6 is 11.8 Å². The number of hydrogen-bond acceptors (Lipinski definition) is 6. The monoisotopic (exact) mass is 453 g/mol. The summed E-state index contributed by atoms with van der Waals surface area (Å²) in [6.07, 6.45) is 0. The van der Waals surface area contributed by atoms with Crippen LogP contribution in [0.4, 0.5) is 10.1 Å². The summed E-state index contributed by atoms with van der Waals surface area (Å²) in [4.78, 5) is 37.5. The molecule has 0 aliphatic carbocycles. The fourth-order valence-electron chi connectivity index (χ4n) is 2.70. The average Bonchev–Trinajstić information content (AvgIpc) is 2.82. The molecular formula is C24H20FNO5S. The molecule has 0 aliphatic rings. The smallest absolute Gasteiger partial charge is 0.339 e. The van der Waals surface area contributed by atoms with Crippen molar-refractivity contribution in [2.24, 2.45) is 0 Å². The highest BCUT2D eigenvalue weighted by atomic mass is 32.2. The predicted octanol–water partition coefficient (Wildman–Crippen LogP) is 4.60. The lowest BCUT2D eigenvalue weighted by atomic mass is 10.1. The number of hydrogen-bond donors (Lipinski definition) is 1. The summed E-state index contributed by atoms with van der Waals surface area (Å²) in [6.45, 7) is -0.408. The van der Waals surface area contributed by atoms with Crippen LogP contribution in [0.3, 0.4) is 0 Å². The molecule has 32 heavy (non-hydrogen) atoms. The third-order valence-electron chi connectivity index (χ3n) is 4.34. The van der Waals surface area contributed by atoms with Gasteiger partial charge in [-0.15, -0.1) is 11.8 Å². The van der Waals surface area contributed by atoms with Crippen LogP contribution in [-0.2, 0) is 9.53 Å². The van der Waals surface area contributed by atoms with Gasteiger partial charge in [0.25, 0.3) is 0 Å². The van der Waals surface area contributed by atoms with Gasteiger partial charge in [-0.1, -0.05) is 12.1 Å². The van der Waals surface area contributed by atoms with Crippen LogP contribution in [0, 0.1) is 5.82 Å². The first kappa shape index (κ1) is 23.0. The summed E-state index contributed by atoms with van der Waals surface area (Å²) < 4.78 is 23.2. The van der Waals surface area contributed by atoms with E-state index in [1.165, 1.54) is 31.4 Å². The second-order valence-electron chi connectivity index (χ2n) is 6.57. The van der Waals surface area contributed by atoms with E-state index in [2.05, 4.69) is 5.32 Å². The number of ketones is 1. The van der Waals surface area contributed by atoms with Gasteiger partial charge < -0.3 is 14.8 Å². The number of Topliss-reactive ketones (excluding diaryl/α,β-unsaturated/α-hetero) is 1. The molecule has 164 valence electrons. The van der Waals surface area contributed by atoms with Gasteiger partial charge in [0.1, 0.15) is 11.6 Å². The molecule has 1 N–H and O–H groups in total. The van der Waals surface area contributed by atoms with Gasteiger partial charge in [-0.25, -0.2) is 9.18 Å². The topological polar surface area (TPSA) is 81.7 Å². The molecule has 3 aromatic carbocycles. The van der Waals surface area contributed by atoms with Crippen molar-refractivity contribution in [3.63, 3.8) is 0 Å². The molecule has 0 atom stereocenters. The van der Waals surface area contributed by atoms with Crippen LogP contribution in [0.1, 0.15) is 20.7 Å². The largest absolute Gasteiger partial charge is 0.497 e. The summed E-state index contributed by atoms with van der Waals surface area (Å²) in [5.41, 5.74) is 1.13. The molecule has 0 aliphatic heterocycles. The molecule has 0 saturated carbocycles. The van der Waals surface area contributed by atoms with E-state index in [9.17, 15) is 18.8 Å². The fraction of sp³-hybridized carbons (Fsp3) is 0.125. The summed E-state index contributed by atoms with van der Waals surface area (Å²) in [6, 6.07) is 18.6. The molecule has 0 aromatic heterocycles. The van der Waals surface area contributed by atoms with Crippen molar-refractivity contribution in [3.8, 4) is 5.75 Å². The lowest BCUT2D eigenvalue weighted by Gasteiger charge is -2.10. The number of nitrogens with one attached hydrogen (secondary N) is 1. The van der Waals surface area contributed by atoms with Crippen molar-refractivity contribution in [3.05, 3.63) is 89.7 Å². The SMILES string of the molecule is COc1ccc(C(=O)COC(=O)c2ccccc2SCC(=O)Nc2ccc(F)cc2)cc1. The van der Waals surface area contributed by atoms with Gasteiger partial charge in [0.15, 0.2) is 12.4 Å². The Morgan fingerprint density at radius 2 is 1.62 bits per heavy atom. The first-order valence-corrected chi connectivity index (χ1v) is 10.6. The van der Waals surface area contributed by atoms with E-state index in [1.807, 2.05) is 0 Å². The molecule has 3 aromatic rings. The number of amides is 1. The van der Waals surface area contributed by atoms with Gasteiger partial charge in [-0.2, -0.15) is 0 Å². The Morgan fingerprint density at radius 1 is 0.938 bits per heavy atom. The molecular weight excluding hydrogens is 433 g/mol. The van der Waals surface area contributed by atoms with Gasteiger partial charge in [-0.3, -0.25) is 9.59 Å². The van der Waals surface area contributed by atoms with Crippen molar-refractivity contribution in [1.29, 1.82) is 0 Å². The summed E-state index contributed by atoms with van der Waals surface area (Å²) in [5.74, 6) is -1.05. The summed E-state index contributed by atoms with van der Waals surface area (Å²) in [7, 11) is 1.53. The molecule has 0 spiro atoms. The van der Waals surface area contributed by atoms with Crippen molar-refractivity contribution < 1.29 is 28.2 Å². The van der Waals surface area contributed by atoms with Crippen LogP contribution in [0.25, 0.3) is 0 Å². The molecule has 0 fully saturated rings. The first-order valence-electron chi connectivity index (χ1n) is 9.58. The third kappa shape index (κ3) is 6.42. The van der Waals surface area contributed by atoms with Gasteiger partial charge >= 0.3 is 5.97 Å². The Kier molecular flexibility index (Phi) is 7.99. The van der Waals surface area contributed by atoms with Crippen LogP contribution in [0.2, 0.25) is 0 Å². The Labute approximate surface area is 188 Å². The lowest BCUT2D eigenvalue weighted by Crippen LogP contribution is -2.16. The number of esters is 1. The van der Waals surface area contributed by atoms with Crippen molar-refractivity contribution >= 4 is 35.1 Å². The molecule has 3 rings (SSSR count). The zero-order valence-corrected chi connectivity index (χ0v) is 18.0. The average molecular weight is 453 g/mol. The van der Waals surface area contributed by atoms with E-state index >= 15 is 0 Å². The minimum absolute atomic E-state index is 0.0342. The number of carbonyl (C=O) groups excluding carboxylic acids is 3. The molecule has 0 heterocycles. The normalized spacial score (nSPS) is 10.3. The number of ether oxygens (including phenoxy) is 2. The molecule has 0 bridgehead atoms. The van der Waals surface area contributed by atoms with Crippen molar-refractivity contribution in [1.82, 2.24) is 0 Å². The Balaban J connectivity index is 1.56. The molecule has 0 unspecified atom stereocenters. The number of methoxy groups -OCH3 is 1. The highest BCUT2D eigenvalue weighted by Crippen LogP contribution is 2.24. The quantitative estimate of drug-likeness (QED) is 0.290. The number of rotatable bonds is 9. The number of halogens is 1. The molecule has 0 saturated heterocycles. The number of benzene rings is 3. The Bertz CT molecular complexity index is 1100. The maximum Gasteiger partial charge on any atom is 0.339 e. The third-order valence-corrected chi connectivity index (χ3v) is 5.41. The van der Waals surface area contributed by atoms with Gasteiger partial charge in [-0.05, 0) is 60.7 Å². The number of carbonyl (C=O) groups is 3. The lowest BCUT2D eigenvalue weighted by molar-refractivity contribution is -0.113. The van der Waals surface area contributed by atoms with Crippen LogP contribution in [-0.4, -0.2) is 37.1 Å². The van der Waals surface area contributed by atoms with Crippen molar-refractivity contribution in [2.45, 2.75) is 4.90 Å². The van der Waals surface area contributed by atoms with E-state index in [-0.39, 0.29) is 23.0 Å². The number of anilines is 1. The zero-order chi connectivity index (χ0) is 22.9. The zero-order valence-electron chi connectivity index (χ0n) is 17.2. The Morgan fingerprint density at radius 3 is 2.31 bits per heavy atom. The second-order valence-corrected chi connectivity index (χ2v) is 7.58. The van der Waals surface area contributed by atoms with Crippen LogP contribution in [0.15, 0.2) is 77.7 Å². The number of thioether (sulfide) groups is 1. The maximum absolute atomic E-state index is 13.0. The van der Waals surface area contributed by atoms with Gasteiger partial charge in [0.2, 0.25) is 5.91 Å². The molecule has 6 nitrogen and oxygen atoms in total. The highest BCUT2D eigenvalue weighted by molar-refractivity contribution is 8.00. The molecule has 0 radical (unpaired) electrons. The standard InChI is InChI=1S/C24H20FNO5S/c1-30-19-12-6-16(7-13-19)21(27)14-31-24(29)20-4-2-3-5-22(20)32-15-23(28)26-18-10-8-17(25)9-11-18/h2-13H,14-15H2,1H3,(H,26,28). The van der Waals surface area contributed by atoms with Crippen molar-refractivity contribution in [2.75, 3.05) is 24.8 Å².